The maximum absolute atomic E-state index is 5.69. The highest BCUT2D eigenvalue weighted by atomic mass is 16.3. The second-order valence-electron chi connectivity index (χ2n) is 6.01. The molecule has 0 saturated carbocycles. The molecular formula is C14H25N3O. The summed E-state index contributed by atoms with van der Waals surface area (Å²) in [5.41, 5.74) is 7.10. The summed E-state index contributed by atoms with van der Waals surface area (Å²) in [6.07, 6.45) is 1.74. The predicted molar refractivity (Wildman–Crippen MR) is 73.2 cm³/mol. The van der Waals surface area contributed by atoms with E-state index < -0.39 is 0 Å². The lowest BCUT2D eigenvalue weighted by atomic mass is 10.0. The lowest BCUT2D eigenvalue weighted by Gasteiger charge is -2.42. The Kier molecular flexibility index (Phi) is 4.10. The van der Waals surface area contributed by atoms with E-state index >= 15 is 0 Å². The smallest absolute Gasteiger partial charge is 0.122 e. The molecule has 1 aromatic rings. The van der Waals surface area contributed by atoms with Crippen LogP contribution in [0.5, 0.6) is 0 Å². The molecule has 0 radical (unpaired) electrons. The molecule has 0 amide bonds. The van der Waals surface area contributed by atoms with Crippen molar-refractivity contribution >= 4 is 0 Å². The van der Waals surface area contributed by atoms with Crippen LogP contribution in [0.4, 0.5) is 0 Å². The van der Waals surface area contributed by atoms with Crippen molar-refractivity contribution in [1.82, 2.24) is 9.80 Å². The maximum Gasteiger partial charge on any atom is 0.122 e. The zero-order chi connectivity index (χ0) is 13.2. The summed E-state index contributed by atoms with van der Waals surface area (Å²) in [5, 5.41) is 0. The summed E-state index contributed by atoms with van der Waals surface area (Å²) in [5.74, 6) is 1.03. The first kappa shape index (κ1) is 13.6. The Balaban J connectivity index is 1.87. The molecule has 1 aromatic heterocycles. The Morgan fingerprint density at radius 1 is 1.22 bits per heavy atom. The molecule has 102 valence electrons. The van der Waals surface area contributed by atoms with E-state index in [9.17, 15) is 0 Å². The molecular weight excluding hydrogens is 226 g/mol. The van der Waals surface area contributed by atoms with Gasteiger partial charge in [-0.2, -0.15) is 0 Å². The number of rotatable bonds is 3. The molecule has 1 saturated heterocycles. The molecule has 1 aliphatic heterocycles. The van der Waals surface area contributed by atoms with Crippen molar-refractivity contribution < 1.29 is 4.42 Å². The highest BCUT2D eigenvalue weighted by molar-refractivity contribution is 5.16. The normalized spacial score (nSPS) is 19.3. The molecule has 1 fully saturated rings. The number of furan rings is 1. The van der Waals surface area contributed by atoms with Crippen molar-refractivity contribution in [3.05, 3.63) is 23.7 Å². The molecule has 2 heterocycles. The van der Waals surface area contributed by atoms with Gasteiger partial charge in [0.1, 0.15) is 5.76 Å². The van der Waals surface area contributed by atoms with E-state index in [1.165, 1.54) is 0 Å². The van der Waals surface area contributed by atoms with Gasteiger partial charge in [0.25, 0.3) is 0 Å². The topological polar surface area (TPSA) is 45.6 Å². The Morgan fingerprint density at radius 2 is 1.89 bits per heavy atom. The molecule has 0 aliphatic carbocycles. The highest BCUT2D eigenvalue weighted by Gasteiger charge is 2.26. The fourth-order valence-corrected chi connectivity index (χ4v) is 2.47. The van der Waals surface area contributed by atoms with Gasteiger partial charge in [0.15, 0.2) is 0 Å². The van der Waals surface area contributed by atoms with Gasteiger partial charge in [0.2, 0.25) is 0 Å². The van der Waals surface area contributed by atoms with Crippen LogP contribution in [0.3, 0.4) is 0 Å². The molecule has 2 N–H and O–H groups in total. The van der Waals surface area contributed by atoms with Gasteiger partial charge >= 0.3 is 0 Å². The number of hydrogen-bond acceptors (Lipinski definition) is 4. The summed E-state index contributed by atoms with van der Waals surface area (Å²) in [6.45, 7) is 12.7. The second-order valence-corrected chi connectivity index (χ2v) is 6.01. The van der Waals surface area contributed by atoms with Crippen LogP contribution < -0.4 is 5.73 Å². The Labute approximate surface area is 110 Å². The lowest BCUT2D eigenvalue weighted by Crippen LogP contribution is -2.53. The monoisotopic (exact) mass is 251 g/mol. The van der Waals surface area contributed by atoms with Crippen molar-refractivity contribution in [3.63, 3.8) is 0 Å². The van der Waals surface area contributed by atoms with E-state index in [1.807, 2.05) is 6.07 Å². The first-order valence-electron chi connectivity index (χ1n) is 6.73. The minimum Gasteiger partial charge on any atom is -0.468 e. The third-order valence-corrected chi connectivity index (χ3v) is 3.75. The Hall–Kier alpha value is -0.840. The first-order chi connectivity index (χ1) is 8.50. The van der Waals surface area contributed by atoms with Crippen LogP contribution in [-0.4, -0.2) is 41.5 Å². The van der Waals surface area contributed by atoms with E-state index in [-0.39, 0.29) is 5.54 Å². The van der Waals surface area contributed by atoms with Crippen molar-refractivity contribution in [2.45, 2.75) is 39.4 Å². The van der Waals surface area contributed by atoms with Gasteiger partial charge < -0.3 is 10.2 Å². The number of piperazine rings is 1. The summed E-state index contributed by atoms with van der Waals surface area (Å²) in [6, 6.07) is 1.97. The van der Waals surface area contributed by atoms with E-state index in [0.717, 1.165) is 44.0 Å². The lowest BCUT2D eigenvalue weighted by molar-refractivity contribution is 0.0561. The molecule has 4 heteroatoms. The highest BCUT2D eigenvalue weighted by Crippen LogP contribution is 2.18. The van der Waals surface area contributed by atoms with E-state index in [0.29, 0.717) is 6.54 Å². The molecule has 0 spiro atoms. The van der Waals surface area contributed by atoms with Crippen LogP contribution in [-0.2, 0) is 13.1 Å². The fourth-order valence-electron chi connectivity index (χ4n) is 2.47. The SMILES string of the molecule is CC(C)(C)N1CCN(Cc2occc2CN)CC1. The first-order valence-corrected chi connectivity index (χ1v) is 6.73. The molecule has 0 aromatic carbocycles. The molecule has 0 unspecified atom stereocenters. The quantitative estimate of drug-likeness (QED) is 0.887. The number of nitrogens with zero attached hydrogens (tertiary/aromatic N) is 2. The van der Waals surface area contributed by atoms with Gasteiger partial charge in [-0.15, -0.1) is 0 Å². The zero-order valence-corrected chi connectivity index (χ0v) is 11.8. The van der Waals surface area contributed by atoms with Gasteiger partial charge in [0, 0.05) is 43.8 Å². The third kappa shape index (κ3) is 3.13. The van der Waals surface area contributed by atoms with Crippen molar-refractivity contribution in [3.8, 4) is 0 Å². The molecule has 2 rings (SSSR count). The van der Waals surface area contributed by atoms with E-state index in [4.69, 9.17) is 10.2 Å². The summed E-state index contributed by atoms with van der Waals surface area (Å²) in [7, 11) is 0. The van der Waals surface area contributed by atoms with E-state index in [2.05, 4.69) is 30.6 Å². The fraction of sp³-hybridized carbons (Fsp3) is 0.714. The number of nitrogens with two attached hydrogens (primary N) is 1. The van der Waals surface area contributed by atoms with Crippen molar-refractivity contribution in [1.29, 1.82) is 0 Å². The van der Waals surface area contributed by atoms with Crippen LogP contribution in [0.1, 0.15) is 32.1 Å². The standard InChI is InChI=1S/C14H25N3O/c1-14(2,3)17-7-5-16(6-8-17)11-13-12(10-15)4-9-18-13/h4,9H,5-8,10-11,15H2,1-3H3. The molecule has 0 bridgehead atoms. The van der Waals surface area contributed by atoms with Gasteiger partial charge in [-0.3, -0.25) is 9.80 Å². The molecule has 18 heavy (non-hydrogen) atoms. The van der Waals surface area contributed by atoms with Gasteiger partial charge in [-0.1, -0.05) is 0 Å². The van der Waals surface area contributed by atoms with Gasteiger partial charge in [-0.25, -0.2) is 0 Å². The summed E-state index contributed by atoms with van der Waals surface area (Å²) >= 11 is 0. The largest absolute Gasteiger partial charge is 0.468 e. The average Bonchev–Trinajstić information content (AvgIpc) is 2.76. The average molecular weight is 251 g/mol. The van der Waals surface area contributed by atoms with Crippen LogP contribution in [0.25, 0.3) is 0 Å². The number of hydrogen-bond donors (Lipinski definition) is 1. The Bertz CT molecular complexity index is 373. The summed E-state index contributed by atoms with van der Waals surface area (Å²) < 4.78 is 5.52. The van der Waals surface area contributed by atoms with Crippen LogP contribution in [0.2, 0.25) is 0 Å². The van der Waals surface area contributed by atoms with Crippen LogP contribution in [0.15, 0.2) is 16.7 Å². The third-order valence-electron chi connectivity index (χ3n) is 3.75. The van der Waals surface area contributed by atoms with Crippen LogP contribution >= 0.6 is 0 Å². The Morgan fingerprint density at radius 3 is 2.44 bits per heavy atom. The minimum absolute atomic E-state index is 0.277. The second kappa shape index (κ2) is 5.43. The maximum atomic E-state index is 5.69. The molecule has 4 nitrogen and oxygen atoms in total. The molecule has 1 aliphatic rings. The van der Waals surface area contributed by atoms with Crippen molar-refractivity contribution in [2.24, 2.45) is 5.73 Å². The van der Waals surface area contributed by atoms with Crippen LogP contribution in [0, 0.1) is 0 Å². The molecule has 0 atom stereocenters. The zero-order valence-electron chi connectivity index (χ0n) is 11.8. The minimum atomic E-state index is 0.277. The predicted octanol–water partition coefficient (Wildman–Crippen LogP) is 1.65. The van der Waals surface area contributed by atoms with Gasteiger partial charge in [0.05, 0.1) is 12.8 Å². The summed E-state index contributed by atoms with van der Waals surface area (Å²) in [4.78, 5) is 4.98. The van der Waals surface area contributed by atoms with Gasteiger partial charge in [-0.05, 0) is 26.8 Å². The van der Waals surface area contributed by atoms with E-state index in [1.54, 1.807) is 6.26 Å². The van der Waals surface area contributed by atoms with Crippen molar-refractivity contribution in [2.75, 3.05) is 26.2 Å².